The quantitative estimate of drug-likeness (QED) is 0.550. The Hall–Kier alpha value is -2.08. The summed E-state index contributed by atoms with van der Waals surface area (Å²) in [4.78, 5) is 0. The summed E-state index contributed by atoms with van der Waals surface area (Å²) in [5.41, 5.74) is 4.64. The van der Waals surface area contributed by atoms with Crippen molar-refractivity contribution in [1.29, 1.82) is 0 Å². The number of rotatable bonds is 4. The Labute approximate surface area is 168 Å². The maximum absolute atomic E-state index is 6.26. The van der Waals surface area contributed by atoms with Crippen LogP contribution in [0.2, 0.25) is 10.0 Å². The standard InChI is InChI=1S/C19H18Cl2N4S/c1-12-18(23-19(26)22-16-9-7-15(20)8-10-16)13(2)25(24-12)11-14-5-3-4-6-17(14)21/h3-10H,11H2,1-2H3,(H2,22,23,26). The SMILES string of the molecule is Cc1nn(Cc2ccccc2Cl)c(C)c1NC(=S)Nc1ccc(Cl)cc1. The van der Waals surface area contributed by atoms with E-state index < -0.39 is 0 Å². The van der Waals surface area contributed by atoms with E-state index in [0.29, 0.717) is 16.7 Å². The monoisotopic (exact) mass is 404 g/mol. The highest BCUT2D eigenvalue weighted by molar-refractivity contribution is 7.80. The second-order valence-electron chi connectivity index (χ2n) is 5.88. The molecule has 0 radical (unpaired) electrons. The van der Waals surface area contributed by atoms with Crippen molar-refractivity contribution in [1.82, 2.24) is 9.78 Å². The smallest absolute Gasteiger partial charge is 0.175 e. The summed E-state index contributed by atoms with van der Waals surface area (Å²) in [6.45, 7) is 4.55. The molecule has 0 aliphatic rings. The first kappa shape index (κ1) is 18.7. The van der Waals surface area contributed by atoms with E-state index in [2.05, 4.69) is 15.7 Å². The number of nitrogens with zero attached hydrogens (tertiary/aromatic N) is 2. The first-order valence-electron chi connectivity index (χ1n) is 8.05. The molecule has 0 aliphatic carbocycles. The molecule has 2 N–H and O–H groups in total. The second kappa shape index (κ2) is 8.08. The van der Waals surface area contributed by atoms with Gasteiger partial charge in [0.25, 0.3) is 0 Å². The molecular formula is C19H18Cl2N4S. The van der Waals surface area contributed by atoms with Crippen LogP contribution in [0.25, 0.3) is 0 Å². The number of benzene rings is 2. The Morgan fingerprint density at radius 1 is 1.04 bits per heavy atom. The molecular weight excluding hydrogens is 387 g/mol. The average Bonchev–Trinajstić information content (AvgIpc) is 2.86. The highest BCUT2D eigenvalue weighted by atomic mass is 35.5. The van der Waals surface area contributed by atoms with Crippen molar-refractivity contribution in [2.75, 3.05) is 10.6 Å². The normalized spacial score (nSPS) is 10.6. The van der Waals surface area contributed by atoms with Crippen LogP contribution in [0.15, 0.2) is 48.5 Å². The maximum atomic E-state index is 6.26. The third kappa shape index (κ3) is 4.36. The number of aromatic nitrogens is 2. The molecule has 7 heteroatoms. The zero-order valence-corrected chi connectivity index (χ0v) is 16.7. The molecule has 1 aromatic heterocycles. The zero-order valence-electron chi connectivity index (χ0n) is 14.4. The lowest BCUT2D eigenvalue weighted by Gasteiger charge is -2.11. The molecule has 1 heterocycles. The van der Waals surface area contributed by atoms with Gasteiger partial charge in [-0.1, -0.05) is 41.4 Å². The van der Waals surface area contributed by atoms with Crippen molar-refractivity contribution in [3.63, 3.8) is 0 Å². The first-order chi connectivity index (χ1) is 12.4. The van der Waals surface area contributed by atoms with E-state index in [-0.39, 0.29) is 0 Å². The lowest BCUT2D eigenvalue weighted by molar-refractivity contribution is 0.659. The van der Waals surface area contributed by atoms with Gasteiger partial charge in [-0.25, -0.2) is 0 Å². The molecule has 0 saturated carbocycles. The van der Waals surface area contributed by atoms with E-state index in [1.165, 1.54) is 0 Å². The van der Waals surface area contributed by atoms with E-state index in [0.717, 1.165) is 33.3 Å². The summed E-state index contributed by atoms with van der Waals surface area (Å²) in [5, 5.41) is 12.9. The molecule has 3 aromatic rings. The molecule has 0 aliphatic heterocycles. The van der Waals surface area contributed by atoms with Crippen LogP contribution in [0.3, 0.4) is 0 Å². The average molecular weight is 405 g/mol. The van der Waals surface area contributed by atoms with Gasteiger partial charge in [-0.15, -0.1) is 0 Å². The van der Waals surface area contributed by atoms with Crippen molar-refractivity contribution < 1.29 is 0 Å². The first-order valence-corrected chi connectivity index (χ1v) is 9.21. The molecule has 0 unspecified atom stereocenters. The third-order valence-electron chi connectivity index (χ3n) is 4.00. The molecule has 26 heavy (non-hydrogen) atoms. The topological polar surface area (TPSA) is 41.9 Å². The zero-order chi connectivity index (χ0) is 18.7. The van der Waals surface area contributed by atoms with Gasteiger partial charge in [0.05, 0.1) is 23.6 Å². The molecule has 4 nitrogen and oxygen atoms in total. The van der Waals surface area contributed by atoms with Gasteiger partial charge in [0.1, 0.15) is 0 Å². The van der Waals surface area contributed by atoms with Crippen molar-refractivity contribution in [3.8, 4) is 0 Å². The summed E-state index contributed by atoms with van der Waals surface area (Å²) in [5.74, 6) is 0. The highest BCUT2D eigenvalue weighted by Crippen LogP contribution is 2.23. The van der Waals surface area contributed by atoms with E-state index in [1.54, 1.807) is 0 Å². The lowest BCUT2D eigenvalue weighted by Crippen LogP contribution is -2.20. The van der Waals surface area contributed by atoms with E-state index >= 15 is 0 Å². The number of aryl methyl sites for hydroxylation is 1. The molecule has 3 rings (SSSR count). The predicted molar refractivity (Wildman–Crippen MR) is 114 cm³/mol. The van der Waals surface area contributed by atoms with Gasteiger partial charge in [-0.3, -0.25) is 4.68 Å². The van der Waals surface area contributed by atoms with Gasteiger partial charge >= 0.3 is 0 Å². The van der Waals surface area contributed by atoms with Crippen LogP contribution in [0.5, 0.6) is 0 Å². The van der Waals surface area contributed by atoms with Crippen LogP contribution in [-0.2, 0) is 6.54 Å². The van der Waals surface area contributed by atoms with Crippen LogP contribution in [0.4, 0.5) is 11.4 Å². The predicted octanol–water partition coefficient (Wildman–Crippen LogP) is 5.66. The minimum absolute atomic E-state index is 0.496. The maximum Gasteiger partial charge on any atom is 0.175 e. The summed E-state index contributed by atoms with van der Waals surface area (Å²) >= 11 is 17.6. The Balaban J connectivity index is 1.74. The summed E-state index contributed by atoms with van der Waals surface area (Å²) in [6.07, 6.45) is 0. The molecule has 134 valence electrons. The van der Waals surface area contributed by atoms with Gasteiger partial charge in [0.15, 0.2) is 5.11 Å². The van der Waals surface area contributed by atoms with Crippen LogP contribution < -0.4 is 10.6 Å². The second-order valence-corrected chi connectivity index (χ2v) is 7.13. The summed E-state index contributed by atoms with van der Waals surface area (Å²) in [6, 6.07) is 15.1. The van der Waals surface area contributed by atoms with Gasteiger partial charge in [-0.2, -0.15) is 5.10 Å². The molecule has 0 atom stereocenters. The van der Waals surface area contributed by atoms with Crippen molar-refractivity contribution in [2.24, 2.45) is 0 Å². The summed E-state index contributed by atoms with van der Waals surface area (Å²) in [7, 11) is 0. The molecule has 2 aromatic carbocycles. The van der Waals surface area contributed by atoms with Gasteiger partial charge < -0.3 is 10.6 Å². The van der Waals surface area contributed by atoms with E-state index in [9.17, 15) is 0 Å². The minimum Gasteiger partial charge on any atom is -0.332 e. The Kier molecular flexibility index (Phi) is 5.81. The third-order valence-corrected chi connectivity index (χ3v) is 4.82. The summed E-state index contributed by atoms with van der Waals surface area (Å²) < 4.78 is 1.92. The molecule has 0 amide bonds. The minimum atomic E-state index is 0.496. The van der Waals surface area contributed by atoms with Crippen LogP contribution in [0, 0.1) is 13.8 Å². The van der Waals surface area contributed by atoms with Crippen molar-refractivity contribution in [3.05, 3.63) is 75.5 Å². The lowest BCUT2D eigenvalue weighted by atomic mass is 10.2. The van der Waals surface area contributed by atoms with Gasteiger partial charge in [0.2, 0.25) is 0 Å². The number of nitrogens with one attached hydrogen (secondary N) is 2. The Morgan fingerprint density at radius 2 is 1.73 bits per heavy atom. The van der Waals surface area contributed by atoms with Crippen LogP contribution in [-0.4, -0.2) is 14.9 Å². The largest absolute Gasteiger partial charge is 0.332 e. The number of hydrogen-bond acceptors (Lipinski definition) is 2. The molecule has 0 fully saturated rings. The number of anilines is 2. The van der Waals surface area contributed by atoms with Crippen LogP contribution in [0.1, 0.15) is 17.0 Å². The number of thiocarbonyl (C=S) groups is 1. The molecule has 0 saturated heterocycles. The van der Waals surface area contributed by atoms with E-state index in [4.69, 9.17) is 35.4 Å². The highest BCUT2D eigenvalue weighted by Gasteiger charge is 2.14. The molecule has 0 bridgehead atoms. The van der Waals surface area contributed by atoms with Gasteiger partial charge in [-0.05, 0) is 62.0 Å². The number of halogens is 2. The van der Waals surface area contributed by atoms with Crippen molar-refractivity contribution in [2.45, 2.75) is 20.4 Å². The number of hydrogen-bond donors (Lipinski definition) is 2. The Morgan fingerprint density at radius 3 is 2.42 bits per heavy atom. The molecule has 0 spiro atoms. The Bertz CT molecular complexity index is 935. The van der Waals surface area contributed by atoms with Crippen LogP contribution >= 0.6 is 35.4 Å². The fraction of sp³-hybridized carbons (Fsp3) is 0.158. The fourth-order valence-corrected chi connectivity index (χ4v) is 3.17. The van der Waals surface area contributed by atoms with Gasteiger partial charge in [0, 0.05) is 15.7 Å². The fourth-order valence-electron chi connectivity index (χ4n) is 2.63. The van der Waals surface area contributed by atoms with E-state index in [1.807, 2.05) is 67.1 Å². The van der Waals surface area contributed by atoms with Crippen molar-refractivity contribution >= 4 is 51.9 Å².